The third-order valence-corrected chi connectivity index (χ3v) is 4.35. The molecule has 0 radical (unpaired) electrons. The molecule has 1 aromatic heterocycles. The number of amides is 1. The molecule has 1 aromatic rings. The molecule has 124 valence electrons. The predicted molar refractivity (Wildman–Crippen MR) is 89.1 cm³/mol. The van der Waals surface area contributed by atoms with Gasteiger partial charge in [0.05, 0.1) is 17.3 Å². The van der Waals surface area contributed by atoms with Crippen LogP contribution in [0.1, 0.15) is 56.6 Å². The van der Waals surface area contributed by atoms with E-state index in [0.29, 0.717) is 11.5 Å². The van der Waals surface area contributed by atoms with E-state index in [1.807, 2.05) is 11.6 Å². The topological polar surface area (TPSA) is 50.2 Å². The summed E-state index contributed by atoms with van der Waals surface area (Å²) in [5, 5.41) is 7.46. The van der Waals surface area contributed by atoms with Crippen molar-refractivity contribution in [3.05, 3.63) is 17.5 Å². The highest BCUT2D eigenvalue weighted by Gasteiger charge is 2.24. The predicted octanol–water partition coefficient (Wildman–Crippen LogP) is 2.41. The van der Waals surface area contributed by atoms with Gasteiger partial charge in [0, 0.05) is 18.8 Å². The Kier molecular flexibility index (Phi) is 5.27. The van der Waals surface area contributed by atoms with Crippen LogP contribution >= 0.6 is 0 Å². The molecular formula is C17H30N4O. The summed E-state index contributed by atoms with van der Waals surface area (Å²) in [4.78, 5) is 14.9. The van der Waals surface area contributed by atoms with E-state index in [4.69, 9.17) is 0 Å². The smallest absolute Gasteiger partial charge is 0.254 e. The largest absolute Gasteiger partial charge is 0.352 e. The minimum absolute atomic E-state index is 0.00180. The van der Waals surface area contributed by atoms with Crippen molar-refractivity contribution in [3.8, 4) is 0 Å². The molecule has 0 bridgehead atoms. The zero-order valence-electron chi connectivity index (χ0n) is 14.6. The molecule has 5 nitrogen and oxygen atoms in total. The molecule has 0 saturated carbocycles. The standard InChI is InChI=1S/C17H30N4O/c1-6-8-20-9-7-14(12-20)10-18-16(22)15-11-19-21(13(15)2)17(3,4)5/h11,14H,6-10,12H2,1-5H3,(H,18,22). The zero-order chi connectivity index (χ0) is 16.3. The zero-order valence-corrected chi connectivity index (χ0v) is 14.6. The van der Waals surface area contributed by atoms with Crippen molar-refractivity contribution in [3.63, 3.8) is 0 Å². The van der Waals surface area contributed by atoms with Gasteiger partial charge < -0.3 is 10.2 Å². The van der Waals surface area contributed by atoms with Gasteiger partial charge in [-0.3, -0.25) is 9.48 Å². The van der Waals surface area contributed by atoms with E-state index >= 15 is 0 Å². The summed E-state index contributed by atoms with van der Waals surface area (Å²) in [5.41, 5.74) is 1.52. The molecule has 1 fully saturated rings. The molecule has 1 amide bonds. The Morgan fingerprint density at radius 2 is 2.18 bits per heavy atom. The Morgan fingerprint density at radius 1 is 1.45 bits per heavy atom. The van der Waals surface area contributed by atoms with E-state index in [-0.39, 0.29) is 11.4 Å². The first-order valence-corrected chi connectivity index (χ1v) is 8.38. The van der Waals surface area contributed by atoms with Gasteiger partial charge in [0.1, 0.15) is 0 Å². The van der Waals surface area contributed by atoms with E-state index in [1.165, 1.54) is 19.4 Å². The molecule has 5 heteroatoms. The van der Waals surface area contributed by atoms with Crippen molar-refractivity contribution in [2.45, 2.75) is 53.0 Å². The second-order valence-corrected chi connectivity index (χ2v) is 7.39. The van der Waals surface area contributed by atoms with Gasteiger partial charge in [0.15, 0.2) is 0 Å². The molecule has 0 aromatic carbocycles. The van der Waals surface area contributed by atoms with E-state index in [1.54, 1.807) is 6.20 Å². The van der Waals surface area contributed by atoms with Crippen LogP contribution in [0.5, 0.6) is 0 Å². The minimum atomic E-state index is -0.102. The maximum atomic E-state index is 12.4. The fraction of sp³-hybridized carbons (Fsp3) is 0.765. The fourth-order valence-electron chi connectivity index (χ4n) is 3.24. The molecule has 2 heterocycles. The molecule has 1 N–H and O–H groups in total. The molecule has 1 saturated heterocycles. The number of nitrogens with one attached hydrogen (secondary N) is 1. The van der Waals surface area contributed by atoms with Crippen LogP contribution < -0.4 is 5.32 Å². The molecule has 1 aliphatic heterocycles. The second-order valence-electron chi connectivity index (χ2n) is 7.39. The molecule has 1 atom stereocenters. The molecule has 0 spiro atoms. The Hall–Kier alpha value is -1.36. The van der Waals surface area contributed by atoms with Crippen molar-refractivity contribution < 1.29 is 4.79 Å². The van der Waals surface area contributed by atoms with Gasteiger partial charge in [-0.15, -0.1) is 0 Å². The summed E-state index contributed by atoms with van der Waals surface area (Å²) < 4.78 is 1.92. The number of aromatic nitrogens is 2. The summed E-state index contributed by atoms with van der Waals surface area (Å²) in [7, 11) is 0. The normalized spacial score (nSPS) is 19.6. The highest BCUT2D eigenvalue weighted by atomic mass is 16.1. The molecule has 22 heavy (non-hydrogen) atoms. The lowest BCUT2D eigenvalue weighted by molar-refractivity contribution is 0.0946. The summed E-state index contributed by atoms with van der Waals surface area (Å²) in [6.07, 6.45) is 4.07. The van der Waals surface area contributed by atoms with Crippen LogP contribution in [0.2, 0.25) is 0 Å². The summed E-state index contributed by atoms with van der Waals surface area (Å²) in [6.45, 7) is 14.7. The lowest BCUT2D eigenvalue weighted by Gasteiger charge is -2.21. The number of hydrogen-bond acceptors (Lipinski definition) is 3. The Morgan fingerprint density at radius 3 is 2.77 bits per heavy atom. The maximum absolute atomic E-state index is 12.4. The Bertz CT molecular complexity index is 515. The third-order valence-electron chi connectivity index (χ3n) is 4.35. The first-order valence-electron chi connectivity index (χ1n) is 8.38. The lowest BCUT2D eigenvalue weighted by Crippen LogP contribution is -2.32. The van der Waals surface area contributed by atoms with Gasteiger partial charge in [-0.25, -0.2) is 0 Å². The first-order chi connectivity index (χ1) is 10.3. The van der Waals surface area contributed by atoms with Gasteiger partial charge in [0.2, 0.25) is 0 Å². The van der Waals surface area contributed by atoms with Crippen molar-refractivity contribution >= 4 is 5.91 Å². The minimum Gasteiger partial charge on any atom is -0.352 e. The van der Waals surface area contributed by atoms with Crippen LogP contribution in [0.4, 0.5) is 0 Å². The molecular weight excluding hydrogens is 276 g/mol. The average Bonchev–Trinajstić information content (AvgIpc) is 3.02. The molecule has 2 rings (SSSR count). The first kappa shape index (κ1) is 17.0. The molecule has 0 aliphatic carbocycles. The number of hydrogen-bond donors (Lipinski definition) is 1. The van der Waals surface area contributed by atoms with Gasteiger partial charge in [-0.2, -0.15) is 5.10 Å². The maximum Gasteiger partial charge on any atom is 0.254 e. The third kappa shape index (κ3) is 3.88. The van der Waals surface area contributed by atoms with Crippen LogP contribution in [0, 0.1) is 12.8 Å². The average molecular weight is 306 g/mol. The van der Waals surface area contributed by atoms with Crippen LogP contribution in [0.25, 0.3) is 0 Å². The van der Waals surface area contributed by atoms with Crippen molar-refractivity contribution in [1.82, 2.24) is 20.0 Å². The van der Waals surface area contributed by atoms with Crippen LogP contribution in [0.3, 0.4) is 0 Å². The van der Waals surface area contributed by atoms with Gasteiger partial charge in [-0.1, -0.05) is 6.92 Å². The van der Waals surface area contributed by atoms with Crippen molar-refractivity contribution in [1.29, 1.82) is 0 Å². The van der Waals surface area contributed by atoms with E-state index in [0.717, 1.165) is 25.3 Å². The van der Waals surface area contributed by atoms with Crippen LogP contribution in [0.15, 0.2) is 6.20 Å². The highest BCUT2D eigenvalue weighted by Crippen LogP contribution is 2.19. The van der Waals surface area contributed by atoms with Crippen molar-refractivity contribution in [2.24, 2.45) is 5.92 Å². The van der Waals surface area contributed by atoms with Gasteiger partial charge >= 0.3 is 0 Å². The van der Waals surface area contributed by atoms with E-state index < -0.39 is 0 Å². The highest BCUT2D eigenvalue weighted by molar-refractivity contribution is 5.95. The van der Waals surface area contributed by atoms with E-state index in [2.05, 4.69) is 43.0 Å². The Balaban J connectivity index is 1.90. The summed E-state index contributed by atoms with van der Waals surface area (Å²) in [6, 6.07) is 0. The quantitative estimate of drug-likeness (QED) is 0.909. The summed E-state index contributed by atoms with van der Waals surface area (Å²) >= 11 is 0. The van der Waals surface area contributed by atoms with E-state index in [9.17, 15) is 4.79 Å². The van der Waals surface area contributed by atoms with Crippen molar-refractivity contribution in [2.75, 3.05) is 26.2 Å². The van der Waals surface area contributed by atoms with Crippen LogP contribution in [-0.4, -0.2) is 46.8 Å². The lowest BCUT2D eigenvalue weighted by atomic mass is 10.1. The number of carbonyl (C=O) groups excluding carboxylic acids is 1. The Labute approximate surface area is 134 Å². The van der Waals surface area contributed by atoms with Gasteiger partial charge in [0.25, 0.3) is 5.91 Å². The summed E-state index contributed by atoms with van der Waals surface area (Å²) in [5.74, 6) is 0.579. The fourth-order valence-corrected chi connectivity index (χ4v) is 3.24. The number of rotatable bonds is 5. The second kappa shape index (κ2) is 6.82. The van der Waals surface area contributed by atoms with Crippen LogP contribution in [-0.2, 0) is 5.54 Å². The number of likely N-dealkylation sites (tertiary alicyclic amines) is 1. The molecule has 1 unspecified atom stereocenters. The SMILES string of the molecule is CCCN1CCC(CNC(=O)c2cnn(C(C)(C)C)c2C)C1. The molecule has 1 aliphatic rings. The van der Waals surface area contributed by atoms with Gasteiger partial charge in [-0.05, 0) is 59.5 Å². The number of nitrogens with zero attached hydrogens (tertiary/aromatic N) is 3. The number of carbonyl (C=O) groups is 1. The monoisotopic (exact) mass is 306 g/mol.